The van der Waals surface area contributed by atoms with Crippen LogP contribution in [-0.2, 0) is 20.7 Å². The Hall–Kier alpha value is -3.98. The normalized spacial score (nSPS) is 16.9. The van der Waals surface area contributed by atoms with Crippen LogP contribution in [0.25, 0.3) is 5.76 Å². The summed E-state index contributed by atoms with van der Waals surface area (Å²) in [6, 6.07) is 11.6. The number of Topliss-reactive ketones (excluding diaryl/α,β-unsaturated/α-hetero) is 1. The lowest BCUT2D eigenvalue weighted by molar-refractivity contribution is -0.132. The summed E-state index contributed by atoms with van der Waals surface area (Å²) in [6.45, 7) is 5.44. The highest BCUT2D eigenvalue weighted by Gasteiger charge is 2.48. The Labute approximate surface area is 212 Å². The van der Waals surface area contributed by atoms with Gasteiger partial charge in [0.05, 0.1) is 31.5 Å². The maximum Gasteiger partial charge on any atom is 0.350 e. The summed E-state index contributed by atoms with van der Waals surface area (Å²) in [6.07, 6.45) is 0.819. The van der Waals surface area contributed by atoms with Crippen molar-refractivity contribution in [3.05, 3.63) is 80.9 Å². The molecule has 3 aromatic rings. The molecule has 0 saturated carbocycles. The Morgan fingerprint density at radius 3 is 2.39 bits per heavy atom. The molecule has 36 heavy (non-hydrogen) atoms. The number of rotatable bonds is 6. The minimum absolute atomic E-state index is 0.0509. The average molecular weight is 507 g/mol. The molecule has 0 aliphatic carbocycles. The molecule has 1 saturated heterocycles. The lowest BCUT2D eigenvalue weighted by Gasteiger charge is -2.23. The van der Waals surface area contributed by atoms with Gasteiger partial charge in [-0.25, -0.2) is 9.78 Å². The molecular weight excluding hydrogens is 480 g/mol. The number of esters is 1. The predicted octanol–water partition coefficient (Wildman–Crippen LogP) is 4.74. The first-order valence-corrected chi connectivity index (χ1v) is 12.1. The molecule has 1 fully saturated rings. The third-order valence-electron chi connectivity index (χ3n) is 6.20. The fourth-order valence-electron chi connectivity index (χ4n) is 4.22. The molecule has 0 bridgehead atoms. The SMILES string of the molecule is CCc1ccc([C@H]2/C(=C(\O)c3ccc(OC)cc3C)C(=O)C(=O)N2c2nc(C)c(C(=O)OC)s2)cc1. The number of hydrogen-bond donors (Lipinski definition) is 1. The van der Waals surface area contributed by atoms with E-state index in [2.05, 4.69) is 4.98 Å². The zero-order valence-electron chi connectivity index (χ0n) is 20.6. The number of ether oxygens (including phenoxy) is 2. The molecule has 0 unspecified atom stereocenters. The molecule has 1 amide bonds. The van der Waals surface area contributed by atoms with Gasteiger partial charge in [-0.05, 0) is 55.2 Å². The van der Waals surface area contributed by atoms with Crippen LogP contribution in [0.4, 0.5) is 5.13 Å². The fourth-order valence-corrected chi connectivity index (χ4v) is 5.23. The molecule has 4 rings (SSSR count). The predicted molar refractivity (Wildman–Crippen MR) is 137 cm³/mol. The number of aryl methyl sites for hydroxylation is 3. The number of thiazole rings is 1. The Morgan fingerprint density at radius 2 is 1.81 bits per heavy atom. The molecule has 1 atom stereocenters. The van der Waals surface area contributed by atoms with Crippen molar-refractivity contribution in [1.82, 2.24) is 4.98 Å². The van der Waals surface area contributed by atoms with Gasteiger partial charge in [0.15, 0.2) is 5.13 Å². The van der Waals surface area contributed by atoms with Gasteiger partial charge < -0.3 is 14.6 Å². The molecule has 1 aliphatic heterocycles. The van der Waals surface area contributed by atoms with E-state index in [1.165, 1.54) is 12.0 Å². The number of hydrogen-bond acceptors (Lipinski definition) is 8. The standard InChI is InChI=1S/C27H26N2O6S/c1-6-16-7-9-17(10-8-16)21-20(22(30)19-12-11-18(34-4)13-14(19)2)23(31)25(32)29(21)27-28-15(3)24(36-27)26(33)35-5/h7-13,21,30H,6H2,1-5H3/b22-20+/t21-/m0/s1. The van der Waals surface area contributed by atoms with E-state index in [0.29, 0.717) is 28.1 Å². The van der Waals surface area contributed by atoms with Gasteiger partial charge in [-0.15, -0.1) is 0 Å². The largest absolute Gasteiger partial charge is 0.507 e. The average Bonchev–Trinajstić information content (AvgIpc) is 3.39. The van der Waals surface area contributed by atoms with Crippen LogP contribution in [0.5, 0.6) is 5.75 Å². The van der Waals surface area contributed by atoms with Gasteiger partial charge in [0.25, 0.3) is 5.78 Å². The zero-order chi connectivity index (χ0) is 26.1. The van der Waals surface area contributed by atoms with Crippen molar-refractivity contribution in [3.63, 3.8) is 0 Å². The quantitative estimate of drug-likeness (QED) is 0.223. The Balaban J connectivity index is 1.94. The summed E-state index contributed by atoms with van der Waals surface area (Å²) >= 11 is 0.965. The number of carbonyl (C=O) groups excluding carboxylic acids is 3. The van der Waals surface area contributed by atoms with E-state index in [1.807, 2.05) is 31.2 Å². The molecule has 9 heteroatoms. The second kappa shape index (κ2) is 9.94. The molecule has 1 aromatic heterocycles. The zero-order valence-corrected chi connectivity index (χ0v) is 21.4. The van der Waals surface area contributed by atoms with Gasteiger partial charge in [-0.2, -0.15) is 0 Å². The molecule has 2 heterocycles. The number of benzene rings is 2. The number of amides is 1. The van der Waals surface area contributed by atoms with Crippen molar-refractivity contribution in [2.75, 3.05) is 19.1 Å². The van der Waals surface area contributed by atoms with Crippen LogP contribution in [-0.4, -0.2) is 42.0 Å². The van der Waals surface area contributed by atoms with E-state index in [1.54, 1.807) is 39.2 Å². The summed E-state index contributed by atoms with van der Waals surface area (Å²) < 4.78 is 10.1. The lowest BCUT2D eigenvalue weighted by Crippen LogP contribution is -2.29. The summed E-state index contributed by atoms with van der Waals surface area (Å²) in [7, 11) is 2.80. The van der Waals surface area contributed by atoms with Crippen LogP contribution < -0.4 is 9.64 Å². The number of aromatic nitrogens is 1. The summed E-state index contributed by atoms with van der Waals surface area (Å²) in [4.78, 5) is 44.8. The van der Waals surface area contributed by atoms with Crippen LogP contribution in [0.2, 0.25) is 0 Å². The number of methoxy groups -OCH3 is 2. The van der Waals surface area contributed by atoms with E-state index in [-0.39, 0.29) is 21.3 Å². The molecule has 2 aromatic carbocycles. The third kappa shape index (κ3) is 4.26. The highest BCUT2D eigenvalue weighted by molar-refractivity contribution is 7.17. The minimum Gasteiger partial charge on any atom is -0.507 e. The first-order chi connectivity index (χ1) is 17.2. The highest BCUT2D eigenvalue weighted by Crippen LogP contribution is 2.44. The van der Waals surface area contributed by atoms with Gasteiger partial charge >= 0.3 is 11.9 Å². The van der Waals surface area contributed by atoms with E-state index in [0.717, 1.165) is 23.3 Å². The maximum atomic E-state index is 13.4. The van der Waals surface area contributed by atoms with Crippen LogP contribution in [0, 0.1) is 13.8 Å². The van der Waals surface area contributed by atoms with Gasteiger partial charge in [0, 0.05) is 5.56 Å². The van der Waals surface area contributed by atoms with Crippen molar-refractivity contribution in [2.45, 2.75) is 33.2 Å². The molecule has 186 valence electrons. The van der Waals surface area contributed by atoms with Crippen LogP contribution in [0.3, 0.4) is 0 Å². The van der Waals surface area contributed by atoms with Gasteiger partial charge in [-0.1, -0.05) is 42.5 Å². The molecule has 8 nitrogen and oxygen atoms in total. The first-order valence-electron chi connectivity index (χ1n) is 11.3. The second-order valence-electron chi connectivity index (χ2n) is 8.35. The molecule has 0 radical (unpaired) electrons. The van der Waals surface area contributed by atoms with Crippen molar-refractivity contribution < 1.29 is 29.0 Å². The molecular formula is C27H26N2O6S. The molecule has 1 aliphatic rings. The van der Waals surface area contributed by atoms with Gasteiger partial charge in [0.2, 0.25) is 0 Å². The number of aliphatic hydroxyl groups excluding tert-OH is 1. The fraction of sp³-hybridized carbons (Fsp3) is 0.259. The third-order valence-corrected chi connectivity index (χ3v) is 7.34. The highest BCUT2D eigenvalue weighted by atomic mass is 32.1. The Morgan fingerprint density at radius 1 is 1.11 bits per heavy atom. The number of aliphatic hydroxyl groups is 1. The van der Waals surface area contributed by atoms with Gasteiger partial charge in [-0.3, -0.25) is 14.5 Å². The minimum atomic E-state index is -0.937. The van der Waals surface area contributed by atoms with Crippen molar-refractivity contribution >= 4 is 39.9 Å². The lowest BCUT2D eigenvalue weighted by atomic mass is 9.93. The molecule has 1 N–H and O–H groups in total. The Kier molecular flexibility index (Phi) is 6.94. The van der Waals surface area contributed by atoms with Crippen molar-refractivity contribution in [1.29, 1.82) is 0 Å². The van der Waals surface area contributed by atoms with E-state index >= 15 is 0 Å². The van der Waals surface area contributed by atoms with E-state index in [9.17, 15) is 19.5 Å². The monoisotopic (exact) mass is 506 g/mol. The van der Waals surface area contributed by atoms with Crippen molar-refractivity contribution in [2.24, 2.45) is 0 Å². The number of carbonyl (C=O) groups is 3. The smallest absolute Gasteiger partial charge is 0.350 e. The van der Waals surface area contributed by atoms with Gasteiger partial charge in [0.1, 0.15) is 16.4 Å². The van der Waals surface area contributed by atoms with E-state index in [4.69, 9.17) is 9.47 Å². The molecule has 0 spiro atoms. The maximum absolute atomic E-state index is 13.4. The van der Waals surface area contributed by atoms with Crippen LogP contribution in [0.15, 0.2) is 48.0 Å². The number of nitrogens with zero attached hydrogens (tertiary/aromatic N) is 2. The number of ketones is 1. The summed E-state index contributed by atoms with van der Waals surface area (Å²) in [5.74, 6) is -1.94. The van der Waals surface area contributed by atoms with Crippen LogP contribution >= 0.6 is 11.3 Å². The first kappa shape index (κ1) is 25.1. The second-order valence-corrected chi connectivity index (χ2v) is 9.33. The van der Waals surface area contributed by atoms with E-state index < -0.39 is 23.7 Å². The summed E-state index contributed by atoms with van der Waals surface area (Å²) in [5.41, 5.74) is 3.14. The van der Waals surface area contributed by atoms with Crippen molar-refractivity contribution in [3.8, 4) is 5.75 Å². The Bertz CT molecular complexity index is 1390. The topological polar surface area (TPSA) is 106 Å². The van der Waals surface area contributed by atoms with Crippen LogP contribution in [0.1, 0.15) is 50.6 Å². The summed E-state index contributed by atoms with van der Waals surface area (Å²) in [5, 5.41) is 11.6. The number of anilines is 1.